The molecule has 26 heavy (non-hydrogen) atoms. The SMILES string of the molecule is CC(=O)c1cccc(NC(=O)CN2C(=O)NC3(CCCCC3C)C2=O)c1. The maximum atomic E-state index is 12.9. The molecule has 2 fully saturated rings. The molecule has 1 saturated heterocycles. The van der Waals surface area contributed by atoms with Gasteiger partial charge in [0.2, 0.25) is 5.91 Å². The Morgan fingerprint density at radius 1 is 1.31 bits per heavy atom. The predicted molar refractivity (Wildman–Crippen MR) is 95.7 cm³/mol. The summed E-state index contributed by atoms with van der Waals surface area (Å²) in [5.41, 5.74) is 0.0627. The first-order valence-electron chi connectivity index (χ1n) is 8.88. The van der Waals surface area contributed by atoms with Gasteiger partial charge in [-0.2, -0.15) is 0 Å². The molecule has 0 bridgehead atoms. The Labute approximate surface area is 152 Å². The minimum atomic E-state index is -0.871. The van der Waals surface area contributed by atoms with Crippen LogP contribution in [-0.2, 0) is 9.59 Å². The second kappa shape index (κ2) is 6.90. The number of anilines is 1. The maximum Gasteiger partial charge on any atom is 0.325 e. The smallest absolute Gasteiger partial charge is 0.325 e. The topological polar surface area (TPSA) is 95.6 Å². The summed E-state index contributed by atoms with van der Waals surface area (Å²) >= 11 is 0. The summed E-state index contributed by atoms with van der Waals surface area (Å²) in [7, 11) is 0. The van der Waals surface area contributed by atoms with Gasteiger partial charge in [-0.3, -0.25) is 19.3 Å². The lowest BCUT2D eigenvalue weighted by molar-refractivity contribution is -0.136. The van der Waals surface area contributed by atoms with E-state index in [1.54, 1.807) is 24.3 Å². The van der Waals surface area contributed by atoms with Crippen molar-refractivity contribution in [3.05, 3.63) is 29.8 Å². The average molecular weight is 357 g/mol. The number of hydrogen-bond donors (Lipinski definition) is 2. The lowest BCUT2D eigenvalue weighted by Crippen LogP contribution is -2.54. The van der Waals surface area contributed by atoms with Gasteiger partial charge in [0.1, 0.15) is 12.1 Å². The van der Waals surface area contributed by atoms with Crippen molar-refractivity contribution in [2.24, 2.45) is 5.92 Å². The first kappa shape index (κ1) is 18.1. The van der Waals surface area contributed by atoms with Crippen molar-refractivity contribution in [2.75, 3.05) is 11.9 Å². The summed E-state index contributed by atoms with van der Waals surface area (Å²) in [6, 6.07) is 6.02. The second-order valence-corrected chi connectivity index (χ2v) is 7.12. The van der Waals surface area contributed by atoms with Gasteiger partial charge in [0.25, 0.3) is 5.91 Å². The van der Waals surface area contributed by atoms with Crippen LogP contribution in [0.25, 0.3) is 0 Å². The Kier molecular flexibility index (Phi) is 4.80. The van der Waals surface area contributed by atoms with Crippen LogP contribution in [0.5, 0.6) is 0 Å². The van der Waals surface area contributed by atoms with Crippen LogP contribution < -0.4 is 10.6 Å². The summed E-state index contributed by atoms with van der Waals surface area (Å²) in [6.07, 6.45) is 3.41. The van der Waals surface area contributed by atoms with Crippen LogP contribution in [0.15, 0.2) is 24.3 Å². The molecule has 2 unspecified atom stereocenters. The second-order valence-electron chi connectivity index (χ2n) is 7.12. The lowest BCUT2D eigenvalue weighted by Gasteiger charge is -2.36. The number of urea groups is 1. The van der Waals surface area contributed by atoms with Crippen molar-refractivity contribution in [1.82, 2.24) is 10.2 Å². The maximum absolute atomic E-state index is 12.9. The van der Waals surface area contributed by atoms with Crippen LogP contribution >= 0.6 is 0 Å². The van der Waals surface area contributed by atoms with E-state index in [0.29, 0.717) is 17.7 Å². The summed E-state index contributed by atoms with van der Waals surface area (Å²) < 4.78 is 0. The normalized spacial score (nSPS) is 25.3. The number of rotatable bonds is 4. The van der Waals surface area contributed by atoms with Gasteiger partial charge < -0.3 is 10.6 Å². The molecule has 1 aliphatic heterocycles. The molecule has 1 aromatic carbocycles. The fourth-order valence-electron chi connectivity index (χ4n) is 3.80. The lowest BCUT2D eigenvalue weighted by atomic mass is 9.73. The number of Topliss-reactive ketones (excluding diaryl/α,β-unsaturated/α-hetero) is 1. The van der Waals surface area contributed by atoms with Gasteiger partial charge in [-0.1, -0.05) is 31.9 Å². The molecule has 2 atom stereocenters. The van der Waals surface area contributed by atoms with Crippen LogP contribution in [0.3, 0.4) is 0 Å². The van der Waals surface area contributed by atoms with Crippen molar-refractivity contribution in [1.29, 1.82) is 0 Å². The molecule has 0 radical (unpaired) electrons. The number of hydrogen-bond acceptors (Lipinski definition) is 4. The minimum Gasteiger partial charge on any atom is -0.325 e. The number of carbonyl (C=O) groups is 4. The molecule has 138 valence electrons. The number of amides is 4. The van der Waals surface area contributed by atoms with Gasteiger partial charge in [-0.05, 0) is 37.8 Å². The molecule has 1 heterocycles. The summed E-state index contributed by atoms with van der Waals surface area (Å²) in [5.74, 6) is -0.853. The molecule has 1 spiro atoms. The van der Waals surface area contributed by atoms with E-state index in [-0.39, 0.29) is 24.2 Å². The zero-order valence-corrected chi connectivity index (χ0v) is 15.0. The Balaban J connectivity index is 1.69. The van der Waals surface area contributed by atoms with E-state index >= 15 is 0 Å². The highest BCUT2D eigenvalue weighted by atomic mass is 16.2. The first-order valence-corrected chi connectivity index (χ1v) is 8.88. The summed E-state index contributed by atoms with van der Waals surface area (Å²) in [4.78, 5) is 49.9. The third-order valence-corrected chi connectivity index (χ3v) is 5.36. The van der Waals surface area contributed by atoms with E-state index in [4.69, 9.17) is 0 Å². The largest absolute Gasteiger partial charge is 0.325 e. The standard InChI is InChI=1S/C19H23N3O4/c1-12-6-3-4-9-19(12)17(25)22(18(26)21-19)11-16(24)20-15-8-5-7-14(10-15)13(2)23/h5,7-8,10,12H,3-4,6,9,11H2,1-2H3,(H,20,24)(H,21,26). The fraction of sp³-hybridized carbons (Fsp3) is 0.474. The zero-order valence-electron chi connectivity index (χ0n) is 15.0. The molecule has 3 rings (SSSR count). The number of benzene rings is 1. The van der Waals surface area contributed by atoms with Gasteiger partial charge in [0, 0.05) is 11.3 Å². The van der Waals surface area contributed by atoms with Crippen LogP contribution in [0.1, 0.15) is 49.9 Å². The van der Waals surface area contributed by atoms with Crippen molar-refractivity contribution < 1.29 is 19.2 Å². The van der Waals surface area contributed by atoms with E-state index in [2.05, 4.69) is 10.6 Å². The van der Waals surface area contributed by atoms with Crippen molar-refractivity contribution in [2.45, 2.75) is 45.1 Å². The number of imide groups is 1. The third kappa shape index (κ3) is 3.21. The van der Waals surface area contributed by atoms with Gasteiger partial charge in [0.15, 0.2) is 5.78 Å². The minimum absolute atomic E-state index is 0.0491. The van der Waals surface area contributed by atoms with Crippen LogP contribution in [0.2, 0.25) is 0 Å². The monoisotopic (exact) mass is 357 g/mol. The molecule has 0 aromatic heterocycles. The van der Waals surface area contributed by atoms with Gasteiger partial charge in [-0.15, -0.1) is 0 Å². The van der Waals surface area contributed by atoms with Gasteiger partial charge in [-0.25, -0.2) is 4.79 Å². The predicted octanol–water partition coefficient (Wildman–Crippen LogP) is 2.33. The Morgan fingerprint density at radius 2 is 2.08 bits per heavy atom. The van der Waals surface area contributed by atoms with Gasteiger partial charge in [0.05, 0.1) is 0 Å². The highest BCUT2D eigenvalue weighted by Gasteiger charge is 2.55. The average Bonchev–Trinajstić information content (AvgIpc) is 2.83. The molecule has 7 heteroatoms. The van der Waals surface area contributed by atoms with Crippen molar-refractivity contribution in [3.63, 3.8) is 0 Å². The molecule has 2 aliphatic rings. The quantitative estimate of drug-likeness (QED) is 0.638. The van der Waals surface area contributed by atoms with E-state index in [0.717, 1.165) is 24.2 Å². The van der Waals surface area contributed by atoms with Crippen LogP contribution in [0, 0.1) is 5.92 Å². The molecular formula is C19H23N3O4. The number of nitrogens with one attached hydrogen (secondary N) is 2. The van der Waals surface area contributed by atoms with Gasteiger partial charge >= 0.3 is 6.03 Å². The Bertz CT molecular complexity index is 776. The molecule has 1 saturated carbocycles. The molecule has 1 aromatic rings. The molecule has 1 aliphatic carbocycles. The summed E-state index contributed by atoms with van der Waals surface area (Å²) in [6.45, 7) is 3.07. The molecular weight excluding hydrogens is 334 g/mol. The van der Waals surface area contributed by atoms with E-state index in [1.165, 1.54) is 6.92 Å². The van der Waals surface area contributed by atoms with E-state index in [9.17, 15) is 19.2 Å². The molecule has 2 N–H and O–H groups in total. The zero-order chi connectivity index (χ0) is 18.9. The third-order valence-electron chi connectivity index (χ3n) is 5.36. The van der Waals surface area contributed by atoms with Crippen molar-refractivity contribution >= 4 is 29.3 Å². The Morgan fingerprint density at radius 3 is 2.77 bits per heavy atom. The highest BCUT2D eigenvalue weighted by Crippen LogP contribution is 2.38. The first-order chi connectivity index (χ1) is 12.3. The summed E-state index contributed by atoms with van der Waals surface area (Å²) in [5, 5.41) is 5.47. The number of nitrogens with zero attached hydrogens (tertiary/aromatic N) is 1. The molecule has 4 amide bonds. The Hall–Kier alpha value is -2.70. The fourth-order valence-corrected chi connectivity index (χ4v) is 3.80. The number of ketones is 1. The van der Waals surface area contributed by atoms with E-state index in [1.807, 2.05) is 6.92 Å². The van der Waals surface area contributed by atoms with Crippen LogP contribution in [0.4, 0.5) is 10.5 Å². The highest BCUT2D eigenvalue weighted by molar-refractivity contribution is 6.10. The van der Waals surface area contributed by atoms with Crippen LogP contribution in [-0.4, -0.2) is 40.6 Å². The molecule has 7 nitrogen and oxygen atoms in total. The van der Waals surface area contributed by atoms with E-state index < -0.39 is 17.5 Å². The van der Waals surface area contributed by atoms with Crippen molar-refractivity contribution in [3.8, 4) is 0 Å². The number of carbonyl (C=O) groups excluding carboxylic acids is 4.